The SMILES string of the molecule is CCNS(=O)(=O)c1ccccc1OCC(N)(CC)CC. The molecule has 0 fully saturated rings. The topological polar surface area (TPSA) is 81.4 Å². The average molecular weight is 300 g/mol. The van der Waals surface area contributed by atoms with E-state index in [0.29, 0.717) is 18.9 Å². The van der Waals surface area contributed by atoms with E-state index in [0.717, 1.165) is 12.8 Å². The molecule has 6 heteroatoms. The molecule has 0 atom stereocenters. The van der Waals surface area contributed by atoms with E-state index in [1.807, 2.05) is 13.8 Å². The predicted molar refractivity (Wildman–Crippen MR) is 80.3 cm³/mol. The lowest BCUT2D eigenvalue weighted by atomic mass is 9.96. The van der Waals surface area contributed by atoms with Crippen LogP contribution in [0.5, 0.6) is 5.75 Å². The summed E-state index contributed by atoms with van der Waals surface area (Å²) < 4.78 is 32.3. The standard InChI is InChI=1S/C14H24N2O3S/c1-4-14(15,5-2)11-19-12-9-7-8-10-13(12)20(17,18)16-6-3/h7-10,16H,4-6,11,15H2,1-3H3. The van der Waals surface area contributed by atoms with Gasteiger partial charge in [-0.2, -0.15) is 0 Å². The van der Waals surface area contributed by atoms with Crippen LogP contribution >= 0.6 is 0 Å². The zero-order valence-corrected chi connectivity index (χ0v) is 13.2. The first kappa shape index (κ1) is 16.9. The van der Waals surface area contributed by atoms with Crippen molar-refractivity contribution >= 4 is 10.0 Å². The van der Waals surface area contributed by atoms with Crippen molar-refractivity contribution in [1.29, 1.82) is 0 Å². The molecular formula is C14H24N2O3S. The lowest BCUT2D eigenvalue weighted by Crippen LogP contribution is -2.44. The Morgan fingerprint density at radius 1 is 1.20 bits per heavy atom. The van der Waals surface area contributed by atoms with Crippen LogP contribution in [-0.2, 0) is 10.0 Å². The smallest absolute Gasteiger partial charge is 0.244 e. The normalized spacial score (nSPS) is 12.4. The van der Waals surface area contributed by atoms with E-state index in [2.05, 4.69) is 4.72 Å². The molecule has 1 aromatic rings. The zero-order valence-electron chi connectivity index (χ0n) is 12.3. The first-order valence-corrected chi connectivity index (χ1v) is 8.37. The number of hydrogen-bond acceptors (Lipinski definition) is 4. The van der Waals surface area contributed by atoms with Crippen LogP contribution in [0.2, 0.25) is 0 Å². The Balaban J connectivity index is 2.98. The minimum absolute atomic E-state index is 0.149. The number of para-hydroxylation sites is 1. The molecule has 3 N–H and O–H groups in total. The summed E-state index contributed by atoms with van der Waals surface area (Å²) >= 11 is 0. The number of nitrogens with two attached hydrogens (primary N) is 1. The third kappa shape index (κ3) is 4.19. The molecule has 0 saturated carbocycles. The van der Waals surface area contributed by atoms with Crippen molar-refractivity contribution in [3.05, 3.63) is 24.3 Å². The highest BCUT2D eigenvalue weighted by atomic mass is 32.2. The minimum Gasteiger partial charge on any atom is -0.490 e. The molecule has 0 heterocycles. The van der Waals surface area contributed by atoms with Crippen LogP contribution in [0.3, 0.4) is 0 Å². The van der Waals surface area contributed by atoms with E-state index < -0.39 is 15.6 Å². The highest BCUT2D eigenvalue weighted by Gasteiger charge is 2.24. The van der Waals surface area contributed by atoms with Crippen molar-refractivity contribution in [2.45, 2.75) is 44.0 Å². The zero-order chi connectivity index (χ0) is 15.2. The fourth-order valence-electron chi connectivity index (χ4n) is 1.73. The Morgan fingerprint density at radius 2 is 1.80 bits per heavy atom. The molecule has 0 spiro atoms. The third-order valence-corrected chi connectivity index (χ3v) is 4.98. The van der Waals surface area contributed by atoms with Gasteiger partial charge in [0.05, 0.1) is 0 Å². The molecule has 0 amide bonds. The molecular weight excluding hydrogens is 276 g/mol. The Kier molecular flexibility index (Phi) is 5.98. The van der Waals surface area contributed by atoms with Crippen molar-refractivity contribution in [3.8, 4) is 5.75 Å². The summed E-state index contributed by atoms with van der Waals surface area (Å²) in [6, 6.07) is 6.60. The molecule has 0 bridgehead atoms. The van der Waals surface area contributed by atoms with E-state index in [9.17, 15) is 8.42 Å². The third-order valence-electron chi connectivity index (χ3n) is 3.40. The molecule has 0 aromatic heterocycles. The lowest BCUT2D eigenvalue weighted by Gasteiger charge is -2.27. The maximum absolute atomic E-state index is 12.1. The second-order valence-electron chi connectivity index (χ2n) is 4.81. The molecule has 0 saturated heterocycles. The van der Waals surface area contributed by atoms with Gasteiger partial charge in [-0.25, -0.2) is 13.1 Å². The summed E-state index contributed by atoms with van der Waals surface area (Å²) in [7, 11) is -3.54. The Labute approximate surface area is 121 Å². The highest BCUT2D eigenvalue weighted by Crippen LogP contribution is 2.24. The maximum Gasteiger partial charge on any atom is 0.244 e. The van der Waals surface area contributed by atoms with Gasteiger partial charge in [0.2, 0.25) is 10.0 Å². The van der Waals surface area contributed by atoms with Gasteiger partial charge in [-0.1, -0.05) is 32.9 Å². The van der Waals surface area contributed by atoms with Gasteiger partial charge in [-0.05, 0) is 25.0 Å². The van der Waals surface area contributed by atoms with Crippen LogP contribution in [-0.4, -0.2) is 27.1 Å². The average Bonchev–Trinajstić information content (AvgIpc) is 2.45. The molecule has 20 heavy (non-hydrogen) atoms. The summed E-state index contributed by atoms with van der Waals surface area (Å²) in [4.78, 5) is 0.149. The molecule has 0 radical (unpaired) electrons. The molecule has 0 aliphatic rings. The van der Waals surface area contributed by atoms with Crippen molar-refractivity contribution in [2.24, 2.45) is 5.73 Å². The Morgan fingerprint density at radius 3 is 2.35 bits per heavy atom. The number of ether oxygens (including phenoxy) is 1. The number of sulfonamides is 1. The first-order chi connectivity index (χ1) is 9.38. The fraction of sp³-hybridized carbons (Fsp3) is 0.571. The fourth-order valence-corrected chi connectivity index (χ4v) is 2.92. The van der Waals surface area contributed by atoms with Crippen LogP contribution in [0, 0.1) is 0 Å². The van der Waals surface area contributed by atoms with Gasteiger partial charge >= 0.3 is 0 Å². The summed E-state index contributed by atoms with van der Waals surface area (Å²) in [6.07, 6.45) is 1.54. The summed E-state index contributed by atoms with van der Waals surface area (Å²) in [5, 5.41) is 0. The van der Waals surface area contributed by atoms with Crippen molar-refractivity contribution in [1.82, 2.24) is 4.72 Å². The van der Waals surface area contributed by atoms with Gasteiger partial charge in [-0.15, -0.1) is 0 Å². The van der Waals surface area contributed by atoms with Crippen molar-refractivity contribution in [3.63, 3.8) is 0 Å². The Bertz CT molecular complexity index is 525. The van der Waals surface area contributed by atoms with Gasteiger partial charge < -0.3 is 10.5 Å². The number of benzene rings is 1. The van der Waals surface area contributed by atoms with Gasteiger partial charge in [0.1, 0.15) is 17.3 Å². The van der Waals surface area contributed by atoms with Crippen LogP contribution in [0.15, 0.2) is 29.2 Å². The van der Waals surface area contributed by atoms with Gasteiger partial charge in [0.25, 0.3) is 0 Å². The first-order valence-electron chi connectivity index (χ1n) is 6.89. The van der Waals surface area contributed by atoms with E-state index in [1.54, 1.807) is 25.1 Å². The molecule has 114 valence electrons. The molecule has 1 rings (SSSR count). The van der Waals surface area contributed by atoms with E-state index in [4.69, 9.17) is 10.5 Å². The highest BCUT2D eigenvalue weighted by molar-refractivity contribution is 7.89. The summed E-state index contributed by atoms with van der Waals surface area (Å²) in [6.45, 7) is 6.35. The predicted octanol–water partition coefficient (Wildman–Crippen LogP) is 1.88. The number of rotatable bonds is 8. The lowest BCUT2D eigenvalue weighted by molar-refractivity contribution is 0.203. The molecule has 0 unspecified atom stereocenters. The van der Waals surface area contributed by atoms with E-state index in [-0.39, 0.29) is 4.90 Å². The summed E-state index contributed by atoms with van der Waals surface area (Å²) in [5.41, 5.74) is 5.74. The van der Waals surface area contributed by atoms with Crippen LogP contribution < -0.4 is 15.2 Å². The molecule has 0 aliphatic carbocycles. The van der Waals surface area contributed by atoms with Crippen LogP contribution in [0.4, 0.5) is 0 Å². The second kappa shape index (κ2) is 7.06. The number of nitrogens with one attached hydrogen (secondary N) is 1. The van der Waals surface area contributed by atoms with Gasteiger partial charge in [-0.3, -0.25) is 0 Å². The van der Waals surface area contributed by atoms with Crippen LogP contribution in [0.1, 0.15) is 33.6 Å². The maximum atomic E-state index is 12.1. The van der Waals surface area contributed by atoms with Crippen molar-refractivity contribution in [2.75, 3.05) is 13.2 Å². The number of hydrogen-bond donors (Lipinski definition) is 2. The summed E-state index contributed by atoms with van der Waals surface area (Å²) in [5.74, 6) is 0.338. The second-order valence-corrected chi connectivity index (χ2v) is 6.54. The Hall–Kier alpha value is -1.11. The molecule has 1 aromatic carbocycles. The largest absolute Gasteiger partial charge is 0.490 e. The van der Waals surface area contributed by atoms with Gasteiger partial charge in [0, 0.05) is 12.1 Å². The van der Waals surface area contributed by atoms with Crippen LogP contribution in [0.25, 0.3) is 0 Å². The van der Waals surface area contributed by atoms with E-state index >= 15 is 0 Å². The molecule has 5 nitrogen and oxygen atoms in total. The molecule has 0 aliphatic heterocycles. The van der Waals surface area contributed by atoms with E-state index in [1.165, 1.54) is 6.07 Å². The quantitative estimate of drug-likeness (QED) is 0.768. The minimum atomic E-state index is -3.54. The van der Waals surface area contributed by atoms with Crippen molar-refractivity contribution < 1.29 is 13.2 Å². The monoisotopic (exact) mass is 300 g/mol. The van der Waals surface area contributed by atoms with Gasteiger partial charge in [0.15, 0.2) is 0 Å².